The van der Waals surface area contributed by atoms with Gasteiger partial charge in [-0.3, -0.25) is 0 Å². The molecule has 21 heavy (non-hydrogen) atoms. The summed E-state index contributed by atoms with van der Waals surface area (Å²) in [6, 6.07) is 4.16. The number of nitrogens with zero attached hydrogens (tertiary/aromatic N) is 1. The van der Waals surface area contributed by atoms with Crippen LogP contribution in [0.5, 0.6) is 0 Å². The maximum Gasteiger partial charge on any atom is 0.336 e. The molecular formula is C13H12BrN3O3S. The van der Waals surface area contributed by atoms with Gasteiger partial charge in [-0.25, -0.2) is 14.6 Å². The summed E-state index contributed by atoms with van der Waals surface area (Å²) >= 11 is 4.66. The Bertz CT molecular complexity index is 687. The highest BCUT2D eigenvalue weighted by atomic mass is 79.9. The second-order valence-electron chi connectivity index (χ2n) is 4.17. The van der Waals surface area contributed by atoms with Crippen molar-refractivity contribution in [3.63, 3.8) is 0 Å². The number of carboxylic acids is 1. The van der Waals surface area contributed by atoms with Crippen molar-refractivity contribution < 1.29 is 14.7 Å². The fourth-order valence-corrected chi connectivity index (χ4v) is 2.63. The van der Waals surface area contributed by atoms with Gasteiger partial charge in [-0.15, -0.1) is 11.3 Å². The molecule has 0 atom stereocenters. The summed E-state index contributed by atoms with van der Waals surface area (Å²) in [4.78, 5) is 27.0. The fraction of sp³-hybridized carbons (Fsp3) is 0.154. The third-order valence-electron chi connectivity index (χ3n) is 2.55. The van der Waals surface area contributed by atoms with Crippen LogP contribution in [0.15, 0.2) is 28.1 Å². The van der Waals surface area contributed by atoms with Crippen molar-refractivity contribution >= 4 is 45.0 Å². The van der Waals surface area contributed by atoms with E-state index in [1.807, 2.05) is 12.3 Å². The molecule has 0 unspecified atom stereocenters. The van der Waals surface area contributed by atoms with Crippen LogP contribution in [0.4, 0.5) is 10.5 Å². The molecule has 0 aliphatic carbocycles. The van der Waals surface area contributed by atoms with E-state index in [0.717, 1.165) is 10.7 Å². The quantitative estimate of drug-likeness (QED) is 0.771. The molecule has 2 aromatic rings. The van der Waals surface area contributed by atoms with Gasteiger partial charge >= 0.3 is 12.0 Å². The number of anilines is 1. The number of hydrogen-bond donors (Lipinski definition) is 3. The van der Waals surface area contributed by atoms with E-state index in [9.17, 15) is 9.59 Å². The minimum Gasteiger partial charge on any atom is -0.478 e. The molecule has 0 saturated heterocycles. The smallest absolute Gasteiger partial charge is 0.336 e. The number of amides is 2. The number of benzene rings is 1. The van der Waals surface area contributed by atoms with E-state index in [4.69, 9.17) is 5.11 Å². The van der Waals surface area contributed by atoms with Crippen LogP contribution in [-0.2, 0) is 6.54 Å². The molecule has 1 aromatic heterocycles. The average molecular weight is 370 g/mol. The van der Waals surface area contributed by atoms with Gasteiger partial charge < -0.3 is 15.7 Å². The minimum atomic E-state index is -1.07. The number of halogens is 1. The van der Waals surface area contributed by atoms with Crippen LogP contribution in [0.3, 0.4) is 0 Å². The number of aromatic nitrogens is 1. The summed E-state index contributed by atoms with van der Waals surface area (Å²) in [7, 11) is 0. The summed E-state index contributed by atoms with van der Waals surface area (Å²) < 4.78 is 0.457. The molecule has 0 aliphatic heterocycles. The lowest BCUT2D eigenvalue weighted by atomic mass is 10.2. The number of rotatable bonds is 4. The highest BCUT2D eigenvalue weighted by Gasteiger charge is 2.10. The van der Waals surface area contributed by atoms with Crippen LogP contribution in [0, 0.1) is 6.92 Å². The Balaban J connectivity index is 1.96. The zero-order valence-corrected chi connectivity index (χ0v) is 13.4. The summed E-state index contributed by atoms with van der Waals surface area (Å²) in [6.07, 6.45) is 0. The van der Waals surface area contributed by atoms with Gasteiger partial charge in [-0.2, -0.15) is 0 Å². The van der Waals surface area contributed by atoms with E-state index in [-0.39, 0.29) is 5.56 Å². The van der Waals surface area contributed by atoms with Gasteiger partial charge in [0.05, 0.1) is 22.8 Å². The number of carboxylic acid groups (broad SMARTS) is 1. The third kappa shape index (κ3) is 4.27. The van der Waals surface area contributed by atoms with Gasteiger partial charge in [-0.1, -0.05) is 0 Å². The van der Waals surface area contributed by atoms with Crippen LogP contribution >= 0.6 is 27.3 Å². The summed E-state index contributed by atoms with van der Waals surface area (Å²) in [5.74, 6) is -1.07. The second kappa shape index (κ2) is 6.68. The van der Waals surface area contributed by atoms with Gasteiger partial charge in [-0.05, 0) is 41.1 Å². The average Bonchev–Trinajstić information content (AvgIpc) is 2.84. The number of nitrogens with one attached hydrogen (secondary N) is 2. The second-order valence-corrected chi connectivity index (χ2v) is 6.08. The highest BCUT2D eigenvalue weighted by molar-refractivity contribution is 9.10. The maximum absolute atomic E-state index is 11.8. The summed E-state index contributed by atoms with van der Waals surface area (Å²) in [5, 5.41) is 17.1. The van der Waals surface area contributed by atoms with E-state index < -0.39 is 12.0 Å². The van der Waals surface area contributed by atoms with Crippen molar-refractivity contribution in [2.75, 3.05) is 5.32 Å². The molecule has 0 radical (unpaired) electrons. The number of aromatic carboxylic acids is 1. The first-order chi connectivity index (χ1) is 9.95. The first-order valence-electron chi connectivity index (χ1n) is 5.94. The molecule has 0 fully saturated rings. The van der Waals surface area contributed by atoms with Crippen molar-refractivity contribution in [2.45, 2.75) is 13.5 Å². The maximum atomic E-state index is 11.8. The molecule has 0 aliphatic rings. The van der Waals surface area contributed by atoms with E-state index >= 15 is 0 Å². The molecule has 6 nitrogen and oxygen atoms in total. The Morgan fingerprint density at radius 2 is 2.19 bits per heavy atom. The minimum absolute atomic E-state index is 0.0860. The van der Waals surface area contributed by atoms with Gasteiger partial charge in [0.2, 0.25) is 0 Å². The number of carbonyl (C=O) groups is 2. The topological polar surface area (TPSA) is 91.3 Å². The van der Waals surface area contributed by atoms with Crippen molar-refractivity contribution in [3.05, 3.63) is 44.3 Å². The van der Waals surface area contributed by atoms with Crippen LogP contribution in [-0.4, -0.2) is 22.1 Å². The van der Waals surface area contributed by atoms with Crippen LogP contribution in [0.1, 0.15) is 21.1 Å². The Morgan fingerprint density at radius 3 is 2.81 bits per heavy atom. The predicted octanol–water partition coefficient (Wildman–Crippen LogP) is 3.23. The highest BCUT2D eigenvalue weighted by Crippen LogP contribution is 2.21. The first-order valence-corrected chi connectivity index (χ1v) is 7.61. The predicted molar refractivity (Wildman–Crippen MR) is 83.8 cm³/mol. The number of aryl methyl sites for hydroxylation is 1. The molecule has 110 valence electrons. The van der Waals surface area contributed by atoms with Crippen LogP contribution in [0.25, 0.3) is 0 Å². The van der Waals surface area contributed by atoms with Crippen molar-refractivity contribution in [2.24, 2.45) is 0 Å². The molecule has 2 amide bonds. The number of hydrogen-bond acceptors (Lipinski definition) is 4. The SMILES string of the molecule is Cc1nc(CNC(=O)Nc2ccc(Br)c(C(=O)O)c2)cs1. The van der Waals surface area contributed by atoms with E-state index in [2.05, 4.69) is 31.5 Å². The first kappa shape index (κ1) is 15.5. The molecule has 8 heteroatoms. The molecule has 0 spiro atoms. The number of urea groups is 1. The molecule has 1 aromatic carbocycles. The Labute approximate surface area is 133 Å². The largest absolute Gasteiger partial charge is 0.478 e. The lowest BCUT2D eigenvalue weighted by molar-refractivity contribution is 0.0696. The summed E-state index contributed by atoms with van der Waals surface area (Å²) in [6.45, 7) is 2.21. The normalized spacial score (nSPS) is 10.2. The fourth-order valence-electron chi connectivity index (χ4n) is 1.60. The Hall–Kier alpha value is -1.93. The van der Waals surface area contributed by atoms with Gasteiger partial charge in [0.25, 0.3) is 0 Å². The monoisotopic (exact) mass is 369 g/mol. The van der Waals surface area contributed by atoms with Crippen molar-refractivity contribution in [1.82, 2.24) is 10.3 Å². The standard InChI is InChI=1S/C13H12BrN3O3S/c1-7-16-9(6-21-7)5-15-13(20)17-8-2-3-11(14)10(4-8)12(18)19/h2-4,6H,5H2,1H3,(H,18,19)(H2,15,17,20). The lowest BCUT2D eigenvalue weighted by Crippen LogP contribution is -2.28. The third-order valence-corrected chi connectivity index (χ3v) is 4.07. The zero-order chi connectivity index (χ0) is 15.4. The van der Waals surface area contributed by atoms with E-state index in [1.54, 1.807) is 12.1 Å². The molecule has 2 rings (SSSR count). The molecule has 3 N–H and O–H groups in total. The van der Waals surface area contributed by atoms with Gasteiger partial charge in [0.1, 0.15) is 0 Å². The van der Waals surface area contributed by atoms with Crippen LogP contribution < -0.4 is 10.6 Å². The van der Waals surface area contributed by atoms with E-state index in [1.165, 1.54) is 17.4 Å². The lowest BCUT2D eigenvalue weighted by Gasteiger charge is -2.08. The van der Waals surface area contributed by atoms with Crippen LogP contribution in [0.2, 0.25) is 0 Å². The molecule has 0 bridgehead atoms. The number of thiazole rings is 1. The van der Waals surface area contributed by atoms with E-state index in [0.29, 0.717) is 16.7 Å². The van der Waals surface area contributed by atoms with Crippen molar-refractivity contribution in [3.8, 4) is 0 Å². The number of carbonyl (C=O) groups excluding carboxylic acids is 1. The zero-order valence-electron chi connectivity index (χ0n) is 11.0. The Kier molecular flexibility index (Phi) is 4.92. The molecular weight excluding hydrogens is 358 g/mol. The Morgan fingerprint density at radius 1 is 1.43 bits per heavy atom. The van der Waals surface area contributed by atoms with Gasteiger partial charge in [0.15, 0.2) is 0 Å². The van der Waals surface area contributed by atoms with Crippen molar-refractivity contribution in [1.29, 1.82) is 0 Å². The molecule has 1 heterocycles. The summed E-state index contributed by atoms with van der Waals surface area (Å²) in [5.41, 5.74) is 1.28. The van der Waals surface area contributed by atoms with Gasteiger partial charge in [0, 0.05) is 15.5 Å². The molecule has 0 saturated carbocycles.